The van der Waals surface area contributed by atoms with Crippen molar-refractivity contribution in [3.05, 3.63) is 59.4 Å². The second-order valence-corrected chi connectivity index (χ2v) is 6.53. The van der Waals surface area contributed by atoms with Gasteiger partial charge < -0.3 is 9.84 Å². The van der Waals surface area contributed by atoms with Crippen LogP contribution < -0.4 is 4.74 Å². The molecule has 132 valence electrons. The van der Waals surface area contributed by atoms with E-state index in [-0.39, 0.29) is 12.0 Å². The van der Waals surface area contributed by atoms with Crippen LogP contribution in [0, 0.1) is 12.8 Å². The zero-order valence-corrected chi connectivity index (χ0v) is 14.7. The molecular weight excluding hydrogens is 316 g/mol. The third kappa shape index (κ3) is 3.99. The number of methoxy groups -OCH3 is 1. The number of piperidine rings is 1. The number of likely N-dealkylation sites (tertiary alicyclic amines) is 1. The molecule has 0 bridgehead atoms. The molecule has 1 aromatic carbocycles. The van der Waals surface area contributed by atoms with Crippen molar-refractivity contribution in [1.82, 2.24) is 9.88 Å². The van der Waals surface area contributed by atoms with E-state index in [2.05, 4.69) is 11.0 Å². The summed E-state index contributed by atoms with van der Waals surface area (Å²) in [6, 6.07) is 14.1. The lowest BCUT2D eigenvalue weighted by Gasteiger charge is -2.36. The van der Waals surface area contributed by atoms with E-state index in [0.717, 1.165) is 35.8 Å². The summed E-state index contributed by atoms with van der Waals surface area (Å²) >= 11 is 0. The van der Waals surface area contributed by atoms with Crippen LogP contribution >= 0.6 is 0 Å². The van der Waals surface area contributed by atoms with Crippen molar-refractivity contribution in [2.75, 3.05) is 20.2 Å². The van der Waals surface area contributed by atoms with E-state index < -0.39 is 5.97 Å². The summed E-state index contributed by atoms with van der Waals surface area (Å²) in [6.07, 6.45) is 1.34. The molecule has 0 spiro atoms. The van der Waals surface area contributed by atoms with Crippen LogP contribution in [0.5, 0.6) is 5.75 Å². The number of carboxylic acid groups (broad SMARTS) is 1. The maximum Gasteiger partial charge on any atom is 0.306 e. The first kappa shape index (κ1) is 17.4. The molecule has 1 atom stereocenters. The van der Waals surface area contributed by atoms with E-state index in [0.29, 0.717) is 12.8 Å². The number of aromatic nitrogens is 1. The number of hydrogen-bond acceptors (Lipinski definition) is 4. The molecule has 2 aromatic rings. The minimum Gasteiger partial charge on any atom is -0.497 e. The smallest absolute Gasteiger partial charge is 0.306 e. The Bertz CT molecular complexity index is 739. The van der Waals surface area contributed by atoms with Crippen molar-refractivity contribution in [1.29, 1.82) is 0 Å². The van der Waals surface area contributed by atoms with Crippen LogP contribution in [0.3, 0.4) is 0 Å². The zero-order chi connectivity index (χ0) is 17.8. The Morgan fingerprint density at radius 2 is 1.96 bits per heavy atom. The molecule has 0 amide bonds. The van der Waals surface area contributed by atoms with Gasteiger partial charge >= 0.3 is 5.97 Å². The fourth-order valence-electron chi connectivity index (χ4n) is 3.50. The minimum atomic E-state index is -0.689. The average Bonchev–Trinajstić information content (AvgIpc) is 2.63. The van der Waals surface area contributed by atoms with Crippen molar-refractivity contribution in [2.24, 2.45) is 5.92 Å². The molecule has 0 aliphatic carbocycles. The first-order chi connectivity index (χ1) is 12.1. The fraction of sp³-hybridized carbons (Fsp3) is 0.400. The molecule has 0 radical (unpaired) electrons. The van der Waals surface area contributed by atoms with E-state index in [1.807, 2.05) is 43.3 Å². The van der Waals surface area contributed by atoms with Gasteiger partial charge in [0.2, 0.25) is 0 Å². The van der Waals surface area contributed by atoms with Gasteiger partial charge in [0.1, 0.15) is 5.75 Å². The average molecular weight is 340 g/mol. The molecule has 1 fully saturated rings. The van der Waals surface area contributed by atoms with Crippen molar-refractivity contribution in [3.63, 3.8) is 0 Å². The van der Waals surface area contributed by atoms with Gasteiger partial charge in [0.05, 0.1) is 24.8 Å². The predicted octanol–water partition coefficient (Wildman–Crippen LogP) is 3.28. The van der Waals surface area contributed by atoms with Gasteiger partial charge in [-0.15, -0.1) is 0 Å². The molecule has 25 heavy (non-hydrogen) atoms. The van der Waals surface area contributed by atoms with Gasteiger partial charge in [-0.25, -0.2) is 0 Å². The minimum absolute atomic E-state index is 0.00439. The standard InChI is InChI=1S/C20H24N2O3/c1-14-5-3-8-18(21-14)19(16-6-4-7-17(13-16)25-2)22-11-9-15(10-12-22)20(23)24/h3-8,13,15,19H,9-12H2,1-2H3,(H,23,24). The molecule has 3 rings (SSSR count). The second kappa shape index (κ2) is 7.66. The Kier molecular flexibility index (Phi) is 5.34. The second-order valence-electron chi connectivity index (χ2n) is 6.53. The SMILES string of the molecule is COc1cccc(C(c2cccc(C)n2)N2CCC(C(=O)O)CC2)c1. The Balaban J connectivity index is 1.93. The topological polar surface area (TPSA) is 62.7 Å². The van der Waals surface area contributed by atoms with Gasteiger partial charge in [0, 0.05) is 5.69 Å². The predicted molar refractivity (Wildman–Crippen MR) is 95.7 cm³/mol. The van der Waals surface area contributed by atoms with Crippen LogP contribution in [0.15, 0.2) is 42.5 Å². The normalized spacial score (nSPS) is 17.2. The van der Waals surface area contributed by atoms with E-state index in [1.54, 1.807) is 7.11 Å². The summed E-state index contributed by atoms with van der Waals surface area (Å²) < 4.78 is 5.38. The largest absolute Gasteiger partial charge is 0.497 e. The van der Waals surface area contributed by atoms with Gasteiger partial charge in [0.15, 0.2) is 0 Å². The first-order valence-corrected chi connectivity index (χ1v) is 8.63. The van der Waals surface area contributed by atoms with Gasteiger partial charge in [0.25, 0.3) is 0 Å². The van der Waals surface area contributed by atoms with E-state index >= 15 is 0 Å². The van der Waals surface area contributed by atoms with Crippen LogP contribution in [-0.4, -0.2) is 41.2 Å². The molecular formula is C20H24N2O3. The summed E-state index contributed by atoms with van der Waals surface area (Å²) in [5.74, 6) is -0.116. The quantitative estimate of drug-likeness (QED) is 0.905. The summed E-state index contributed by atoms with van der Waals surface area (Å²) in [7, 11) is 1.66. The number of aryl methyl sites for hydroxylation is 1. The highest BCUT2D eigenvalue weighted by atomic mass is 16.5. The molecule has 0 saturated carbocycles. The Morgan fingerprint density at radius 1 is 1.24 bits per heavy atom. The lowest BCUT2D eigenvalue weighted by molar-refractivity contribution is -0.143. The molecule has 1 N–H and O–H groups in total. The monoisotopic (exact) mass is 340 g/mol. The first-order valence-electron chi connectivity index (χ1n) is 8.63. The van der Waals surface area contributed by atoms with E-state index in [9.17, 15) is 9.90 Å². The summed E-state index contributed by atoms with van der Waals surface area (Å²) in [6.45, 7) is 3.48. The molecule has 1 saturated heterocycles. The van der Waals surface area contributed by atoms with Crippen LogP contribution in [0.4, 0.5) is 0 Å². The third-order valence-corrected chi connectivity index (χ3v) is 4.84. The molecule has 1 unspecified atom stereocenters. The maximum absolute atomic E-state index is 11.3. The zero-order valence-electron chi connectivity index (χ0n) is 14.7. The number of hydrogen-bond donors (Lipinski definition) is 1. The summed E-state index contributed by atoms with van der Waals surface area (Å²) in [5, 5.41) is 9.25. The highest BCUT2D eigenvalue weighted by Crippen LogP contribution is 2.33. The molecule has 5 nitrogen and oxygen atoms in total. The van der Waals surface area contributed by atoms with Crippen molar-refractivity contribution < 1.29 is 14.6 Å². The molecule has 1 aliphatic rings. The summed E-state index contributed by atoms with van der Waals surface area (Å²) in [5.41, 5.74) is 3.08. The Hall–Kier alpha value is -2.40. The number of aliphatic carboxylic acids is 1. The highest BCUT2D eigenvalue weighted by Gasteiger charge is 2.31. The molecule has 5 heteroatoms. The Labute approximate surface area is 148 Å². The van der Waals surface area contributed by atoms with Gasteiger partial charge in [-0.05, 0) is 62.7 Å². The lowest BCUT2D eigenvalue weighted by atomic mass is 9.93. The number of ether oxygens (including phenoxy) is 1. The van der Waals surface area contributed by atoms with Crippen molar-refractivity contribution in [2.45, 2.75) is 25.8 Å². The number of pyridine rings is 1. The molecule has 2 heterocycles. The molecule has 1 aliphatic heterocycles. The highest BCUT2D eigenvalue weighted by molar-refractivity contribution is 5.70. The molecule has 1 aromatic heterocycles. The van der Waals surface area contributed by atoms with Gasteiger partial charge in [-0.1, -0.05) is 18.2 Å². The number of carboxylic acids is 1. The number of nitrogens with zero attached hydrogens (tertiary/aromatic N) is 2. The summed E-state index contributed by atoms with van der Waals surface area (Å²) in [4.78, 5) is 18.3. The van der Waals surface area contributed by atoms with Gasteiger partial charge in [-0.2, -0.15) is 0 Å². The van der Waals surface area contributed by atoms with Crippen LogP contribution in [0.25, 0.3) is 0 Å². The van der Waals surface area contributed by atoms with E-state index in [1.165, 1.54) is 0 Å². The number of rotatable bonds is 5. The van der Waals surface area contributed by atoms with Crippen LogP contribution in [0.1, 0.15) is 35.8 Å². The van der Waals surface area contributed by atoms with Crippen LogP contribution in [0.2, 0.25) is 0 Å². The lowest BCUT2D eigenvalue weighted by Crippen LogP contribution is -2.39. The van der Waals surface area contributed by atoms with E-state index in [4.69, 9.17) is 9.72 Å². The van der Waals surface area contributed by atoms with Crippen molar-refractivity contribution in [3.8, 4) is 5.75 Å². The Morgan fingerprint density at radius 3 is 2.60 bits per heavy atom. The number of carbonyl (C=O) groups is 1. The fourth-order valence-corrected chi connectivity index (χ4v) is 3.50. The maximum atomic E-state index is 11.3. The van der Waals surface area contributed by atoms with Gasteiger partial charge in [-0.3, -0.25) is 14.7 Å². The van der Waals surface area contributed by atoms with Crippen LogP contribution in [-0.2, 0) is 4.79 Å². The third-order valence-electron chi connectivity index (χ3n) is 4.84. The number of benzene rings is 1. The van der Waals surface area contributed by atoms with Crippen molar-refractivity contribution >= 4 is 5.97 Å².